The van der Waals surface area contributed by atoms with Crippen molar-refractivity contribution in [3.05, 3.63) is 21.2 Å². The van der Waals surface area contributed by atoms with Gasteiger partial charge in [0.15, 0.2) is 5.82 Å². The predicted molar refractivity (Wildman–Crippen MR) is 71.1 cm³/mol. The third-order valence-electron chi connectivity index (χ3n) is 3.30. The van der Waals surface area contributed by atoms with Gasteiger partial charge in [-0.2, -0.15) is 0 Å². The molecule has 0 bridgehead atoms. The first kappa shape index (κ1) is 12.6. The topological polar surface area (TPSA) is 75.0 Å². The zero-order chi connectivity index (χ0) is 12.4. The molecule has 2 atom stereocenters. The van der Waals surface area contributed by atoms with E-state index in [2.05, 4.69) is 37.7 Å². The van der Waals surface area contributed by atoms with Crippen LogP contribution in [0.5, 0.6) is 0 Å². The Morgan fingerprint density at radius 2 is 2.47 bits per heavy atom. The van der Waals surface area contributed by atoms with Gasteiger partial charge in [-0.15, -0.1) is 0 Å². The van der Waals surface area contributed by atoms with E-state index in [0.717, 1.165) is 19.4 Å². The van der Waals surface area contributed by atoms with Crippen molar-refractivity contribution in [1.29, 1.82) is 0 Å². The number of aromatic nitrogens is 2. The van der Waals surface area contributed by atoms with Gasteiger partial charge in [0, 0.05) is 19.1 Å². The Balaban J connectivity index is 2.32. The normalized spacial score (nSPS) is 25.0. The fourth-order valence-corrected chi connectivity index (χ4v) is 2.77. The average molecular weight is 301 g/mol. The van der Waals surface area contributed by atoms with Gasteiger partial charge in [-0.25, -0.2) is 4.98 Å². The summed E-state index contributed by atoms with van der Waals surface area (Å²) >= 11 is 3.30. The molecule has 6 heteroatoms. The first-order valence-electron chi connectivity index (χ1n) is 5.83. The molecule has 94 valence electrons. The Hall–Kier alpha value is -0.880. The van der Waals surface area contributed by atoms with E-state index in [1.54, 1.807) is 0 Å². The summed E-state index contributed by atoms with van der Waals surface area (Å²) in [5.74, 6) is 1.39. The minimum absolute atomic E-state index is 0.149. The van der Waals surface area contributed by atoms with Gasteiger partial charge in [-0.05, 0) is 34.7 Å². The first-order chi connectivity index (χ1) is 8.13. The highest BCUT2D eigenvalue weighted by atomic mass is 79.9. The number of hydrogen-bond acceptors (Lipinski definition) is 4. The van der Waals surface area contributed by atoms with Crippen molar-refractivity contribution in [1.82, 2.24) is 9.97 Å². The Morgan fingerprint density at radius 3 is 3.18 bits per heavy atom. The number of anilines is 1. The molecule has 0 amide bonds. The molecule has 1 fully saturated rings. The summed E-state index contributed by atoms with van der Waals surface area (Å²) in [4.78, 5) is 20.5. The van der Waals surface area contributed by atoms with Gasteiger partial charge < -0.3 is 15.6 Å². The summed E-state index contributed by atoms with van der Waals surface area (Å²) < 4.78 is 0.494. The molecule has 5 nitrogen and oxygen atoms in total. The van der Waals surface area contributed by atoms with Crippen LogP contribution in [-0.2, 0) is 0 Å². The van der Waals surface area contributed by atoms with Crippen molar-refractivity contribution in [3.63, 3.8) is 0 Å². The Morgan fingerprint density at radius 1 is 1.71 bits per heavy atom. The Bertz CT molecular complexity index is 447. The number of rotatable bonds is 2. The van der Waals surface area contributed by atoms with Crippen molar-refractivity contribution >= 4 is 21.7 Å². The summed E-state index contributed by atoms with van der Waals surface area (Å²) in [5, 5.41) is 0. The summed E-state index contributed by atoms with van der Waals surface area (Å²) in [6.07, 6.45) is 3.60. The van der Waals surface area contributed by atoms with E-state index in [-0.39, 0.29) is 11.6 Å². The maximum Gasteiger partial charge on any atom is 0.267 e. The highest BCUT2D eigenvalue weighted by molar-refractivity contribution is 9.10. The number of halogens is 1. The van der Waals surface area contributed by atoms with E-state index in [9.17, 15) is 4.79 Å². The summed E-state index contributed by atoms with van der Waals surface area (Å²) in [5.41, 5.74) is 5.66. The molecular weight excluding hydrogens is 284 g/mol. The molecule has 1 aromatic heterocycles. The van der Waals surface area contributed by atoms with E-state index in [1.807, 2.05) is 0 Å². The van der Waals surface area contributed by atoms with Gasteiger partial charge in [0.05, 0.1) is 6.33 Å². The molecule has 0 aliphatic carbocycles. The summed E-state index contributed by atoms with van der Waals surface area (Å²) in [6.45, 7) is 3.73. The molecule has 0 aromatic carbocycles. The number of hydrogen-bond donors (Lipinski definition) is 2. The molecule has 3 N–H and O–H groups in total. The maximum absolute atomic E-state index is 11.5. The molecule has 2 rings (SSSR count). The van der Waals surface area contributed by atoms with Crippen LogP contribution < -0.4 is 16.2 Å². The van der Waals surface area contributed by atoms with Gasteiger partial charge in [0.2, 0.25) is 0 Å². The second kappa shape index (κ2) is 5.18. The second-order valence-corrected chi connectivity index (χ2v) is 5.37. The Kier molecular flexibility index (Phi) is 3.83. The summed E-state index contributed by atoms with van der Waals surface area (Å²) in [7, 11) is 0. The SMILES string of the molecule is CC1CCN(c2nc[nH]c(=O)c2Br)C(CN)C1. The van der Waals surface area contributed by atoms with E-state index in [4.69, 9.17) is 5.73 Å². The van der Waals surface area contributed by atoms with E-state index in [1.165, 1.54) is 6.33 Å². The van der Waals surface area contributed by atoms with Crippen molar-refractivity contribution in [2.24, 2.45) is 11.7 Å². The quantitative estimate of drug-likeness (QED) is 0.857. The molecular formula is C11H17BrN4O. The van der Waals surface area contributed by atoms with Gasteiger partial charge in [0.25, 0.3) is 5.56 Å². The van der Waals surface area contributed by atoms with Crippen LogP contribution in [0.1, 0.15) is 19.8 Å². The van der Waals surface area contributed by atoms with Crippen LogP contribution in [0.3, 0.4) is 0 Å². The molecule has 17 heavy (non-hydrogen) atoms. The van der Waals surface area contributed by atoms with Gasteiger partial charge in [-0.1, -0.05) is 6.92 Å². The van der Waals surface area contributed by atoms with Crippen molar-refractivity contribution in [2.75, 3.05) is 18.0 Å². The van der Waals surface area contributed by atoms with Crippen molar-refractivity contribution in [2.45, 2.75) is 25.8 Å². The van der Waals surface area contributed by atoms with Crippen LogP contribution in [0.4, 0.5) is 5.82 Å². The van der Waals surface area contributed by atoms with Crippen LogP contribution in [0, 0.1) is 5.92 Å². The lowest BCUT2D eigenvalue weighted by Gasteiger charge is -2.39. The van der Waals surface area contributed by atoms with Crippen LogP contribution in [-0.4, -0.2) is 29.1 Å². The number of nitrogens with zero attached hydrogens (tertiary/aromatic N) is 2. The third kappa shape index (κ3) is 2.52. The van der Waals surface area contributed by atoms with E-state index >= 15 is 0 Å². The fourth-order valence-electron chi connectivity index (χ4n) is 2.33. The van der Waals surface area contributed by atoms with Crippen LogP contribution in [0.2, 0.25) is 0 Å². The molecule has 0 radical (unpaired) electrons. The number of piperidine rings is 1. The van der Waals surface area contributed by atoms with Crippen molar-refractivity contribution in [3.8, 4) is 0 Å². The molecule has 0 saturated carbocycles. The van der Waals surface area contributed by atoms with Crippen molar-refractivity contribution < 1.29 is 0 Å². The average Bonchev–Trinajstić information content (AvgIpc) is 2.33. The standard InChI is InChI=1S/C11H17BrN4O/c1-7-2-3-16(8(4-7)5-13)10-9(12)11(17)15-6-14-10/h6-8H,2-5,13H2,1H3,(H,14,15,17). The lowest BCUT2D eigenvalue weighted by atomic mass is 9.92. The molecule has 2 heterocycles. The van der Waals surface area contributed by atoms with Crippen LogP contribution in [0.25, 0.3) is 0 Å². The lowest BCUT2D eigenvalue weighted by Crippen LogP contribution is -2.47. The molecule has 1 saturated heterocycles. The lowest BCUT2D eigenvalue weighted by molar-refractivity contribution is 0.364. The van der Waals surface area contributed by atoms with E-state index in [0.29, 0.717) is 22.8 Å². The molecule has 1 aliphatic heterocycles. The smallest absolute Gasteiger partial charge is 0.267 e. The van der Waals surface area contributed by atoms with E-state index < -0.39 is 0 Å². The molecule has 1 aliphatic rings. The zero-order valence-corrected chi connectivity index (χ0v) is 11.4. The predicted octanol–water partition coefficient (Wildman–Crippen LogP) is 1.10. The largest absolute Gasteiger partial charge is 0.351 e. The number of H-pyrrole nitrogens is 1. The van der Waals surface area contributed by atoms with Crippen LogP contribution >= 0.6 is 15.9 Å². The molecule has 0 spiro atoms. The van der Waals surface area contributed by atoms with Crippen LogP contribution in [0.15, 0.2) is 15.6 Å². The minimum Gasteiger partial charge on any atom is -0.351 e. The number of aromatic amines is 1. The molecule has 2 unspecified atom stereocenters. The minimum atomic E-state index is -0.149. The second-order valence-electron chi connectivity index (χ2n) is 4.58. The Labute approximate surface area is 109 Å². The molecule has 1 aromatic rings. The number of nitrogens with one attached hydrogen (secondary N) is 1. The third-order valence-corrected chi connectivity index (χ3v) is 4.02. The van der Waals surface area contributed by atoms with Gasteiger partial charge in [0.1, 0.15) is 4.47 Å². The van der Waals surface area contributed by atoms with Gasteiger partial charge in [-0.3, -0.25) is 4.79 Å². The number of nitrogens with two attached hydrogens (primary N) is 1. The first-order valence-corrected chi connectivity index (χ1v) is 6.62. The summed E-state index contributed by atoms with van der Waals surface area (Å²) in [6, 6.07) is 0.268. The fraction of sp³-hybridized carbons (Fsp3) is 0.636. The zero-order valence-electron chi connectivity index (χ0n) is 9.82. The highest BCUT2D eigenvalue weighted by Crippen LogP contribution is 2.28. The monoisotopic (exact) mass is 300 g/mol. The maximum atomic E-state index is 11.5. The highest BCUT2D eigenvalue weighted by Gasteiger charge is 2.28. The van der Waals surface area contributed by atoms with Gasteiger partial charge >= 0.3 is 0 Å².